The Morgan fingerprint density at radius 2 is 2.08 bits per heavy atom. The minimum atomic E-state index is -3.49. The minimum absolute atomic E-state index is 0.313. The molecule has 130 valence electrons. The van der Waals surface area contributed by atoms with Crippen molar-refractivity contribution in [3.8, 4) is 0 Å². The lowest BCUT2D eigenvalue weighted by Gasteiger charge is -2.12. The van der Waals surface area contributed by atoms with Crippen molar-refractivity contribution < 1.29 is 13.2 Å². The number of aryl methyl sites for hydroxylation is 3. The van der Waals surface area contributed by atoms with Crippen LogP contribution < -0.4 is 4.72 Å². The fourth-order valence-electron chi connectivity index (χ4n) is 3.15. The number of imidazole rings is 1. The summed E-state index contributed by atoms with van der Waals surface area (Å²) in [6, 6.07) is 5.45. The van der Waals surface area contributed by atoms with Gasteiger partial charge in [0.05, 0.1) is 4.90 Å². The number of hydrogen-bond donors (Lipinski definition) is 1. The molecule has 0 unspecified atom stereocenters. The van der Waals surface area contributed by atoms with Crippen molar-refractivity contribution in [1.82, 2.24) is 14.3 Å². The Hall–Kier alpha value is -1.70. The highest BCUT2D eigenvalue weighted by Crippen LogP contribution is 2.24. The summed E-state index contributed by atoms with van der Waals surface area (Å²) in [5.41, 5.74) is 3.41. The van der Waals surface area contributed by atoms with E-state index in [1.165, 1.54) is 5.56 Å². The molecule has 0 fully saturated rings. The molecule has 0 saturated carbocycles. The maximum Gasteiger partial charge on any atom is 0.240 e. The van der Waals surface area contributed by atoms with E-state index in [9.17, 15) is 8.42 Å². The van der Waals surface area contributed by atoms with Gasteiger partial charge in [-0.15, -0.1) is 0 Å². The van der Waals surface area contributed by atoms with Gasteiger partial charge >= 0.3 is 0 Å². The third-order valence-electron chi connectivity index (χ3n) is 4.42. The van der Waals surface area contributed by atoms with Crippen molar-refractivity contribution in [3.63, 3.8) is 0 Å². The molecule has 0 spiro atoms. The second kappa shape index (κ2) is 7.04. The summed E-state index contributed by atoms with van der Waals surface area (Å²) in [6.07, 6.45) is 4.89. The largest absolute Gasteiger partial charge is 0.377 e. The molecule has 24 heavy (non-hydrogen) atoms. The first kappa shape index (κ1) is 17.1. The standard InChI is InChI=1S/C17H23N3O3S/c1-13-11-18-17(12-23-2)20(13)9-8-19-24(21,22)16-7-6-14-4-3-5-15(14)10-16/h6-7,10-11,19H,3-5,8-9,12H2,1-2H3. The van der Waals surface area contributed by atoms with Gasteiger partial charge in [0.15, 0.2) is 0 Å². The van der Waals surface area contributed by atoms with E-state index >= 15 is 0 Å². The number of rotatable bonds is 7. The number of hydrogen-bond acceptors (Lipinski definition) is 4. The van der Waals surface area contributed by atoms with Crippen LogP contribution in [0.1, 0.15) is 29.1 Å². The smallest absolute Gasteiger partial charge is 0.240 e. The second-order valence-corrected chi connectivity index (χ2v) is 7.85. The minimum Gasteiger partial charge on any atom is -0.377 e. The van der Waals surface area contributed by atoms with E-state index in [0.717, 1.165) is 36.3 Å². The molecule has 1 heterocycles. The summed E-state index contributed by atoms with van der Waals surface area (Å²) in [5.74, 6) is 0.798. The molecule has 1 aliphatic rings. The van der Waals surface area contributed by atoms with Crippen molar-refractivity contribution in [2.45, 2.75) is 44.2 Å². The van der Waals surface area contributed by atoms with E-state index < -0.39 is 10.0 Å². The van der Waals surface area contributed by atoms with Gasteiger partial charge in [-0.1, -0.05) is 6.07 Å². The third-order valence-corrected chi connectivity index (χ3v) is 5.88. The monoisotopic (exact) mass is 349 g/mol. The molecule has 1 aromatic heterocycles. The molecule has 0 aliphatic heterocycles. The van der Waals surface area contributed by atoms with Gasteiger partial charge < -0.3 is 9.30 Å². The van der Waals surface area contributed by atoms with E-state index in [2.05, 4.69) is 9.71 Å². The molecular weight excluding hydrogens is 326 g/mol. The Labute approximate surface area is 142 Å². The molecule has 7 heteroatoms. The molecular formula is C17H23N3O3S. The number of sulfonamides is 1. The quantitative estimate of drug-likeness (QED) is 0.827. The van der Waals surface area contributed by atoms with Crippen LogP contribution in [0.3, 0.4) is 0 Å². The summed E-state index contributed by atoms with van der Waals surface area (Å²) in [4.78, 5) is 4.63. The summed E-state index contributed by atoms with van der Waals surface area (Å²) < 4.78 is 34.8. The Balaban J connectivity index is 1.67. The van der Waals surface area contributed by atoms with Gasteiger partial charge in [0.2, 0.25) is 10.0 Å². The molecule has 1 N–H and O–H groups in total. The van der Waals surface area contributed by atoms with E-state index in [1.54, 1.807) is 19.4 Å². The number of ether oxygens (including phenoxy) is 1. The van der Waals surface area contributed by atoms with Crippen LogP contribution in [0.25, 0.3) is 0 Å². The third kappa shape index (κ3) is 3.53. The van der Waals surface area contributed by atoms with Gasteiger partial charge in [0.25, 0.3) is 0 Å². The molecule has 1 aliphatic carbocycles. The maximum absolute atomic E-state index is 12.5. The average Bonchev–Trinajstić information content (AvgIpc) is 3.15. The van der Waals surface area contributed by atoms with E-state index in [1.807, 2.05) is 23.6 Å². The van der Waals surface area contributed by atoms with Crippen molar-refractivity contribution >= 4 is 10.0 Å². The molecule has 0 saturated heterocycles. The second-order valence-electron chi connectivity index (χ2n) is 6.08. The fraction of sp³-hybridized carbons (Fsp3) is 0.471. The van der Waals surface area contributed by atoms with Crippen LogP contribution in [0, 0.1) is 6.92 Å². The summed E-state index contributed by atoms with van der Waals surface area (Å²) in [7, 11) is -1.87. The first-order valence-electron chi connectivity index (χ1n) is 8.12. The number of benzene rings is 1. The van der Waals surface area contributed by atoms with Gasteiger partial charge in [-0.25, -0.2) is 18.1 Å². The number of methoxy groups -OCH3 is 1. The van der Waals surface area contributed by atoms with E-state index in [4.69, 9.17) is 4.74 Å². The SMILES string of the molecule is COCc1ncc(C)n1CCNS(=O)(=O)c1ccc2c(c1)CCC2. The number of nitrogens with one attached hydrogen (secondary N) is 1. The van der Waals surface area contributed by atoms with Crippen molar-refractivity contribution in [2.24, 2.45) is 0 Å². The fourth-order valence-corrected chi connectivity index (χ4v) is 4.22. The highest BCUT2D eigenvalue weighted by molar-refractivity contribution is 7.89. The predicted molar refractivity (Wildman–Crippen MR) is 91.3 cm³/mol. The molecule has 3 rings (SSSR count). The van der Waals surface area contributed by atoms with Crippen molar-refractivity contribution in [1.29, 1.82) is 0 Å². The van der Waals surface area contributed by atoms with Crippen molar-refractivity contribution in [3.05, 3.63) is 47.0 Å². The summed E-state index contributed by atoms with van der Waals surface area (Å²) in [6.45, 7) is 3.19. The van der Waals surface area contributed by atoms with Crippen LogP contribution in [0.15, 0.2) is 29.3 Å². The summed E-state index contributed by atoms with van der Waals surface area (Å²) in [5, 5.41) is 0. The first-order chi connectivity index (χ1) is 11.5. The normalized spacial score (nSPS) is 14.1. The lowest BCUT2D eigenvalue weighted by molar-refractivity contribution is 0.174. The molecule has 6 nitrogen and oxygen atoms in total. The highest BCUT2D eigenvalue weighted by Gasteiger charge is 2.18. The predicted octanol–water partition coefficient (Wildman–Crippen LogP) is 1.81. The van der Waals surface area contributed by atoms with Gasteiger partial charge in [-0.05, 0) is 49.4 Å². The molecule has 2 aromatic rings. The highest BCUT2D eigenvalue weighted by atomic mass is 32.2. The molecule has 0 radical (unpaired) electrons. The molecule has 0 bridgehead atoms. The van der Waals surface area contributed by atoms with Gasteiger partial charge in [0.1, 0.15) is 12.4 Å². The zero-order chi connectivity index (χ0) is 17.2. The lowest BCUT2D eigenvalue weighted by Crippen LogP contribution is -2.28. The van der Waals surface area contributed by atoms with Gasteiger partial charge in [-0.3, -0.25) is 0 Å². The van der Waals surface area contributed by atoms with Gasteiger partial charge in [-0.2, -0.15) is 0 Å². The Morgan fingerprint density at radius 3 is 2.88 bits per heavy atom. The number of nitrogens with zero attached hydrogens (tertiary/aromatic N) is 2. The first-order valence-corrected chi connectivity index (χ1v) is 9.61. The maximum atomic E-state index is 12.5. The number of aromatic nitrogens is 2. The zero-order valence-corrected chi connectivity index (χ0v) is 14.9. The molecule has 0 atom stereocenters. The average molecular weight is 349 g/mol. The van der Waals surface area contributed by atoms with Crippen molar-refractivity contribution in [2.75, 3.05) is 13.7 Å². The van der Waals surface area contributed by atoms with Crippen LogP contribution in [0.2, 0.25) is 0 Å². The Morgan fingerprint density at radius 1 is 1.29 bits per heavy atom. The Bertz CT molecular complexity index is 828. The van der Waals surface area contributed by atoms with Crippen LogP contribution in [0.5, 0.6) is 0 Å². The number of fused-ring (bicyclic) bond motifs is 1. The van der Waals surface area contributed by atoms with Crippen LogP contribution >= 0.6 is 0 Å². The van der Waals surface area contributed by atoms with E-state index in [0.29, 0.717) is 24.6 Å². The summed E-state index contributed by atoms with van der Waals surface area (Å²) >= 11 is 0. The molecule has 1 aromatic carbocycles. The van der Waals surface area contributed by atoms with Crippen LogP contribution in [-0.4, -0.2) is 31.6 Å². The zero-order valence-electron chi connectivity index (χ0n) is 14.1. The molecule has 0 amide bonds. The lowest BCUT2D eigenvalue weighted by atomic mass is 10.1. The topological polar surface area (TPSA) is 73.2 Å². The van der Waals surface area contributed by atoms with Gasteiger partial charge in [0, 0.05) is 32.1 Å². The van der Waals surface area contributed by atoms with Crippen LogP contribution in [0.4, 0.5) is 0 Å². The van der Waals surface area contributed by atoms with E-state index in [-0.39, 0.29) is 0 Å². The van der Waals surface area contributed by atoms with Crippen LogP contribution in [-0.2, 0) is 40.8 Å². The Kier molecular flexibility index (Phi) is 5.03.